The van der Waals surface area contributed by atoms with Gasteiger partial charge in [-0.1, -0.05) is 23.2 Å². The van der Waals surface area contributed by atoms with E-state index < -0.39 is 5.91 Å². The SMILES string of the molecule is COc1cc(OC)c(Cl)c(NC(=O)c2csc3c(Nc4ccc(N5CCN(C6CCN(C)CC6)CC5)cc4)ncnc23)c1Cl. The molecular formula is C31H35Cl2N7O3S. The van der Waals surface area contributed by atoms with Crippen molar-refractivity contribution in [2.45, 2.75) is 18.9 Å². The standard InChI is InChI=1S/C31H35Cl2N7O3S/c1-38-10-8-21(9-11-38)40-14-12-39(13-15-40)20-6-4-19(5-7-20)36-30-29-27(34-18-35-30)22(17-44-29)31(41)37-28-25(32)23(42-2)16-24(43-3)26(28)33/h4-7,16-18,21H,8-15H2,1-3H3,(H,37,41)(H,34,35,36). The van der Waals surface area contributed by atoms with Crippen LogP contribution in [0.3, 0.4) is 0 Å². The molecule has 44 heavy (non-hydrogen) atoms. The molecule has 2 aromatic heterocycles. The van der Waals surface area contributed by atoms with E-state index in [1.54, 1.807) is 11.4 Å². The van der Waals surface area contributed by atoms with Crippen LogP contribution in [-0.4, -0.2) is 92.3 Å². The molecule has 6 rings (SSSR count). The molecule has 0 atom stereocenters. The Bertz CT molecular complexity index is 1610. The lowest BCUT2D eigenvalue weighted by Gasteiger charge is -2.42. The lowest BCUT2D eigenvalue weighted by Crippen LogP contribution is -2.52. The van der Waals surface area contributed by atoms with Gasteiger partial charge >= 0.3 is 0 Å². The fraction of sp³-hybridized carbons (Fsp3) is 0.387. The molecule has 13 heteroatoms. The molecule has 0 radical (unpaired) electrons. The van der Waals surface area contributed by atoms with Gasteiger partial charge in [0, 0.05) is 55.0 Å². The number of piperazine rings is 1. The smallest absolute Gasteiger partial charge is 0.258 e. The molecule has 0 spiro atoms. The van der Waals surface area contributed by atoms with Crippen LogP contribution in [-0.2, 0) is 0 Å². The molecule has 2 aliphatic heterocycles. The van der Waals surface area contributed by atoms with Gasteiger partial charge < -0.3 is 29.9 Å². The van der Waals surface area contributed by atoms with E-state index in [4.69, 9.17) is 32.7 Å². The van der Waals surface area contributed by atoms with Crippen LogP contribution in [0, 0.1) is 0 Å². The van der Waals surface area contributed by atoms with E-state index in [2.05, 4.69) is 66.6 Å². The number of aromatic nitrogens is 2. The first-order chi connectivity index (χ1) is 21.4. The van der Waals surface area contributed by atoms with Crippen LogP contribution in [0.5, 0.6) is 11.5 Å². The minimum atomic E-state index is -0.416. The second-order valence-corrected chi connectivity index (χ2v) is 12.7. The van der Waals surface area contributed by atoms with Gasteiger partial charge in [0.1, 0.15) is 27.9 Å². The average Bonchev–Trinajstić information content (AvgIpc) is 3.49. The van der Waals surface area contributed by atoms with Crippen LogP contribution in [0.15, 0.2) is 42.0 Å². The predicted octanol–water partition coefficient (Wildman–Crippen LogP) is 6.23. The van der Waals surface area contributed by atoms with Crippen molar-refractivity contribution in [3.05, 3.63) is 57.6 Å². The van der Waals surface area contributed by atoms with Crippen LogP contribution in [0.4, 0.5) is 22.9 Å². The fourth-order valence-electron chi connectivity index (χ4n) is 5.87. The topological polar surface area (TPSA) is 95.1 Å². The minimum Gasteiger partial charge on any atom is -0.495 e. The number of ether oxygens (including phenoxy) is 2. The van der Waals surface area contributed by atoms with Gasteiger partial charge in [0.15, 0.2) is 5.82 Å². The maximum absolute atomic E-state index is 13.4. The van der Waals surface area contributed by atoms with Crippen LogP contribution < -0.4 is 25.0 Å². The van der Waals surface area contributed by atoms with E-state index in [1.807, 2.05) is 0 Å². The third-order valence-corrected chi connectivity index (χ3v) is 10.2. The molecule has 2 aliphatic rings. The summed E-state index contributed by atoms with van der Waals surface area (Å²) in [4.78, 5) is 29.8. The fourth-order valence-corrected chi connectivity index (χ4v) is 7.41. The minimum absolute atomic E-state index is 0.172. The third-order valence-electron chi connectivity index (χ3n) is 8.42. The highest BCUT2D eigenvalue weighted by Crippen LogP contribution is 2.44. The number of carbonyl (C=O) groups excluding carboxylic acids is 1. The van der Waals surface area contributed by atoms with Gasteiger partial charge in [0.05, 0.1) is 35.7 Å². The Balaban J connectivity index is 1.13. The molecule has 0 unspecified atom stereocenters. The number of anilines is 4. The average molecular weight is 657 g/mol. The molecule has 0 bridgehead atoms. The number of carbonyl (C=O) groups is 1. The summed E-state index contributed by atoms with van der Waals surface area (Å²) in [6.07, 6.45) is 3.98. The number of benzene rings is 2. The lowest BCUT2D eigenvalue weighted by molar-refractivity contribution is 0.102. The Labute approximate surface area is 270 Å². The van der Waals surface area contributed by atoms with Crippen molar-refractivity contribution >= 4 is 73.5 Å². The molecule has 10 nitrogen and oxygen atoms in total. The van der Waals surface area contributed by atoms with E-state index in [9.17, 15) is 4.79 Å². The molecule has 0 aliphatic carbocycles. The van der Waals surface area contributed by atoms with Gasteiger partial charge in [0.2, 0.25) is 0 Å². The molecule has 4 aromatic rings. The van der Waals surface area contributed by atoms with Gasteiger partial charge in [-0.3, -0.25) is 9.69 Å². The van der Waals surface area contributed by atoms with Crippen molar-refractivity contribution in [2.24, 2.45) is 0 Å². The maximum atomic E-state index is 13.4. The zero-order valence-electron chi connectivity index (χ0n) is 24.9. The van der Waals surface area contributed by atoms with Crippen molar-refractivity contribution in [1.82, 2.24) is 19.8 Å². The van der Waals surface area contributed by atoms with Gasteiger partial charge in [-0.25, -0.2) is 9.97 Å². The van der Waals surface area contributed by atoms with E-state index >= 15 is 0 Å². The van der Waals surface area contributed by atoms with E-state index in [0.717, 1.165) is 42.6 Å². The molecular weight excluding hydrogens is 621 g/mol. The maximum Gasteiger partial charge on any atom is 0.258 e. The van der Waals surface area contributed by atoms with Crippen molar-refractivity contribution < 1.29 is 14.3 Å². The highest BCUT2D eigenvalue weighted by molar-refractivity contribution is 7.18. The zero-order chi connectivity index (χ0) is 30.8. The first-order valence-corrected chi connectivity index (χ1v) is 16.2. The highest BCUT2D eigenvalue weighted by Gasteiger charge is 2.27. The number of fused-ring (bicyclic) bond motifs is 1. The van der Waals surface area contributed by atoms with Crippen LogP contribution in [0.25, 0.3) is 10.2 Å². The Morgan fingerprint density at radius 1 is 0.955 bits per heavy atom. The number of rotatable bonds is 8. The Morgan fingerprint density at radius 3 is 2.25 bits per heavy atom. The summed E-state index contributed by atoms with van der Waals surface area (Å²) in [6, 6.07) is 10.7. The molecule has 2 fully saturated rings. The van der Waals surface area contributed by atoms with Crippen LogP contribution >= 0.6 is 34.5 Å². The molecule has 2 aromatic carbocycles. The lowest BCUT2D eigenvalue weighted by atomic mass is 10.0. The van der Waals surface area contributed by atoms with Gasteiger partial charge in [-0.2, -0.15) is 0 Å². The first-order valence-electron chi connectivity index (χ1n) is 14.5. The molecule has 4 heterocycles. The van der Waals surface area contributed by atoms with Crippen molar-refractivity contribution in [3.8, 4) is 11.5 Å². The summed E-state index contributed by atoms with van der Waals surface area (Å²) in [5.74, 6) is 0.860. The summed E-state index contributed by atoms with van der Waals surface area (Å²) in [6.45, 7) is 6.66. The number of piperidine rings is 1. The second-order valence-electron chi connectivity index (χ2n) is 11.0. The number of amides is 1. The quantitative estimate of drug-likeness (QED) is 0.229. The number of thiophene rings is 1. The molecule has 2 saturated heterocycles. The number of hydrogen-bond donors (Lipinski definition) is 2. The third kappa shape index (κ3) is 6.25. The van der Waals surface area contributed by atoms with E-state index in [-0.39, 0.29) is 15.7 Å². The highest BCUT2D eigenvalue weighted by atomic mass is 35.5. The van der Waals surface area contributed by atoms with Gasteiger partial charge in [-0.15, -0.1) is 11.3 Å². The van der Waals surface area contributed by atoms with E-state index in [0.29, 0.717) is 28.4 Å². The number of nitrogens with zero attached hydrogens (tertiary/aromatic N) is 5. The Morgan fingerprint density at radius 2 is 1.61 bits per heavy atom. The summed E-state index contributed by atoms with van der Waals surface area (Å²) in [7, 11) is 5.17. The van der Waals surface area contributed by atoms with Gasteiger partial charge in [0.25, 0.3) is 5.91 Å². The Kier molecular flexibility index (Phi) is 9.29. The summed E-state index contributed by atoms with van der Waals surface area (Å²) < 4.78 is 11.4. The van der Waals surface area contributed by atoms with Crippen molar-refractivity contribution in [1.29, 1.82) is 0 Å². The van der Waals surface area contributed by atoms with Crippen molar-refractivity contribution in [3.63, 3.8) is 0 Å². The van der Waals surface area contributed by atoms with Gasteiger partial charge in [-0.05, 0) is 57.2 Å². The second kappa shape index (κ2) is 13.3. The summed E-state index contributed by atoms with van der Waals surface area (Å²) >= 11 is 14.3. The number of nitrogens with one attached hydrogen (secondary N) is 2. The molecule has 232 valence electrons. The molecule has 0 saturated carbocycles. The normalized spacial score (nSPS) is 16.7. The van der Waals surface area contributed by atoms with Crippen molar-refractivity contribution in [2.75, 3.05) is 76.1 Å². The number of hydrogen-bond acceptors (Lipinski definition) is 10. The first kappa shape index (κ1) is 30.7. The van der Waals surface area contributed by atoms with Crippen LogP contribution in [0.1, 0.15) is 23.2 Å². The number of likely N-dealkylation sites (tertiary alicyclic amines) is 1. The van der Waals surface area contributed by atoms with E-state index in [1.165, 1.54) is 63.5 Å². The summed E-state index contributed by atoms with van der Waals surface area (Å²) in [5.41, 5.74) is 3.21. The summed E-state index contributed by atoms with van der Waals surface area (Å²) in [5, 5.41) is 8.30. The molecule has 2 N–H and O–H groups in total. The zero-order valence-corrected chi connectivity index (χ0v) is 27.2. The number of halogens is 2. The largest absolute Gasteiger partial charge is 0.495 e. The monoisotopic (exact) mass is 655 g/mol. The Hall–Kier alpha value is -3.35. The number of methoxy groups -OCH3 is 2. The predicted molar refractivity (Wildman–Crippen MR) is 179 cm³/mol. The molecule has 1 amide bonds. The van der Waals surface area contributed by atoms with Crippen LogP contribution in [0.2, 0.25) is 10.0 Å².